The summed E-state index contributed by atoms with van der Waals surface area (Å²) in [7, 11) is 0. The summed E-state index contributed by atoms with van der Waals surface area (Å²) in [4.78, 5) is 2.60. The van der Waals surface area contributed by atoms with E-state index in [1.54, 1.807) is 0 Å². The molecule has 0 radical (unpaired) electrons. The van der Waals surface area contributed by atoms with Gasteiger partial charge >= 0.3 is 0 Å². The molecule has 0 aromatic carbocycles. The summed E-state index contributed by atoms with van der Waals surface area (Å²) in [6.45, 7) is 11.2. The summed E-state index contributed by atoms with van der Waals surface area (Å²) in [6.07, 6.45) is 1.74. The van der Waals surface area contributed by atoms with Crippen LogP contribution in [0, 0.1) is 5.92 Å². The molecule has 15 heavy (non-hydrogen) atoms. The van der Waals surface area contributed by atoms with Gasteiger partial charge in [-0.1, -0.05) is 0 Å². The summed E-state index contributed by atoms with van der Waals surface area (Å²) in [5.74, 6) is 0.831. The molecule has 0 saturated carbocycles. The normalized spacial score (nSPS) is 43.4. The molecule has 2 heterocycles. The Hall–Kier alpha value is -0.120. The molecule has 1 N–H and O–H groups in total. The zero-order valence-electron chi connectivity index (χ0n) is 10.2. The molecule has 0 amide bonds. The van der Waals surface area contributed by atoms with Crippen molar-refractivity contribution in [1.82, 2.24) is 10.2 Å². The van der Waals surface area contributed by atoms with Gasteiger partial charge in [-0.05, 0) is 39.7 Å². The highest BCUT2D eigenvalue weighted by Gasteiger charge is 2.29. The van der Waals surface area contributed by atoms with E-state index in [-0.39, 0.29) is 0 Å². The first-order valence-electron chi connectivity index (χ1n) is 6.26. The van der Waals surface area contributed by atoms with Crippen molar-refractivity contribution in [2.45, 2.75) is 45.4 Å². The summed E-state index contributed by atoms with van der Waals surface area (Å²) in [6, 6.07) is 1.28. The Kier molecular flexibility index (Phi) is 3.65. The molecule has 0 spiro atoms. The molecule has 2 aliphatic heterocycles. The lowest BCUT2D eigenvalue weighted by atomic mass is 10.00. The Morgan fingerprint density at radius 2 is 2.13 bits per heavy atom. The first kappa shape index (κ1) is 11.4. The van der Waals surface area contributed by atoms with Gasteiger partial charge in [-0.15, -0.1) is 0 Å². The van der Waals surface area contributed by atoms with Gasteiger partial charge in [0.05, 0.1) is 12.7 Å². The highest BCUT2D eigenvalue weighted by atomic mass is 16.5. The van der Waals surface area contributed by atoms with Crippen LogP contribution in [-0.4, -0.2) is 49.3 Å². The monoisotopic (exact) mass is 212 g/mol. The predicted molar refractivity (Wildman–Crippen MR) is 62.0 cm³/mol. The fourth-order valence-electron chi connectivity index (χ4n) is 2.69. The fraction of sp³-hybridized carbons (Fsp3) is 1.00. The van der Waals surface area contributed by atoms with Crippen molar-refractivity contribution < 1.29 is 4.74 Å². The average molecular weight is 212 g/mol. The molecule has 3 heteroatoms. The lowest BCUT2D eigenvalue weighted by Gasteiger charge is -2.38. The Morgan fingerprint density at radius 3 is 2.80 bits per heavy atom. The second kappa shape index (κ2) is 4.81. The number of hydrogen-bond donors (Lipinski definition) is 1. The van der Waals surface area contributed by atoms with Crippen LogP contribution in [0.3, 0.4) is 0 Å². The molecule has 4 atom stereocenters. The second-order valence-corrected chi connectivity index (χ2v) is 5.24. The van der Waals surface area contributed by atoms with Gasteiger partial charge in [-0.2, -0.15) is 0 Å². The van der Waals surface area contributed by atoms with Gasteiger partial charge in [0.25, 0.3) is 0 Å². The van der Waals surface area contributed by atoms with E-state index in [0.29, 0.717) is 18.2 Å². The summed E-state index contributed by atoms with van der Waals surface area (Å²) in [5.41, 5.74) is 0. The molecule has 2 saturated heterocycles. The van der Waals surface area contributed by atoms with Crippen LogP contribution in [0.2, 0.25) is 0 Å². The van der Waals surface area contributed by atoms with Crippen LogP contribution in [0.5, 0.6) is 0 Å². The average Bonchev–Trinajstić information content (AvgIpc) is 2.58. The van der Waals surface area contributed by atoms with Gasteiger partial charge in [0, 0.05) is 25.2 Å². The van der Waals surface area contributed by atoms with Crippen molar-refractivity contribution in [3.8, 4) is 0 Å². The first-order chi connectivity index (χ1) is 7.16. The van der Waals surface area contributed by atoms with Crippen LogP contribution in [0.1, 0.15) is 27.2 Å². The number of morpholine rings is 1. The van der Waals surface area contributed by atoms with Crippen molar-refractivity contribution in [3.05, 3.63) is 0 Å². The van der Waals surface area contributed by atoms with Gasteiger partial charge in [0.1, 0.15) is 0 Å². The van der Waals surface area contributed by atoms with Crippen molar-refractivity contribution in [1.29, 1.82) is 0 Å². The fourth-order valence-corrected chi connectivity index (χ4v) is 2.69. The molecule has 3 nitrogen and oxygen atoms in total. The predicted octanol–water partition coefficient (Wildman–Crippen LogP) is 1.09. The van der Waals surface area contributed by atoms with Crippen LogP contribution in [0.15, 0.2) is 0 Å². The SMILES string of the molecule is CC1CN(CC2CCNC2C)C(C)CO1. The molecule has 88 valence electrons. The summed E-state index contributed by atoms with van der Waals surface area (Å²) < 4.78 is 5.65. The molecular weight excluding hydrogens is 188 g/mol. The Labute approximate surface area is 93.2 Å². The van der Waals surface area contributed by atoms with Crippen molar-refractivity contribution >= 4 is 0 Å². The summed E-state index contributed by atoms with van der Waals surface area (Å²) in [5, 5.41) is 3.53. The minimum Gasteiger partial charge on any atom is -0.376 e. The molecule has 2 rings (SSSR count). The van der Waals surface area contributed by atoms with E-state index in [1.807, 2.05) is 0 Å². The summed E-state index contributed by atoms with van der Waals surface area (Å²) >= 11 is 0. The zero-order chi connectivity index (χ0) is 10.8. The standard InChI is InChI=1S/C12H24N2O/c1-9-8-15-10(2)6-14(9)7-12-4-5-13-11(12)3/h9-13H,4-8H2,1-3H3. The molecule has 4 unspecified atom stereocenters. The number of hydrogen-bond acceptors (Lipinski definition) is 3. The molecule has 2 aliphatic rings. The third kappa shape index (κ3) is 2.71. The quantitative estimate of drug-likeness (QED) is 0.741. The van der Waals surface area contributed by atoms with Crippen LogP contribution >= 0.6 is 0 Å². The lowest BCUT2D eigenvalue weighted by molar-refractivity contribution is -0.0544. The number of ether oxygens (including phenoxy) is 1. The van der Waals surface area contributed by atoms with E-state index in [0.717, 1.165) is 19.1 Å². The third-order valence-electron chi connectivity index (χ3n) is 3.89. The molecule has 2 fully saturated rings. The van der Waals surface area contributed by atoms with Gasteiger partial charge in [-0.3, -0.25) is 4.90 Å². The van der Waals surface area contributed by atoms with Crippen LogP contribution in [0.25, 0.3) is 0 Å². The van der Waals surface area contributed by atoms with Crippen LogP contribution in [0.4, 0.5) is 0 Å². The minimum atomic E-state index is 0.408. The van der Waals surface area contributed by atoms with Crippen LogP contribution < -0.4 is 5.32 Å². The maximum absolute atomic E-state index is 5.65. The highest BCUT2D eigenvalue weighted by Crippen LogP contribution is 2.20. The van der Waals surface area contributed by atoms with E-state index < -0.39 is 0 Å². The minimum absolute atomic E-state index is 0.408. The maximum Gasteiger partial charge on any atom is 0.0674 e. The molecule has 0 bridgehead atoms. The van der Waals surface area contributed by atoms with Crippen molar-refractivity contribution in [3.63, 3.8) is 0 Å². The maximum atomic E-state index is 5.65. The largest absolute Gasteiger partial charge is 0.376 e. The number of nitrogens with one attached hydrogen (secondary N) is 1. The molecule has 0 aromatic heterocycles. The van der Waals surface area contributed by atoms with Gasteiger partial charge in [0.15, 0.2) is 0 Å². The third-order valence-corrected chi connectivity index (χ3v) is 3.89. The van der Waals surface area contributed by atoms with E-state index in [2.05, 4.69) is 31.0 Å². The smallest absolute Gasteiger partial charge is 0.0674 e. The van der Waals surface area contributed by atoms with Gasteiger partial charge in [0.2, 0.25) is 0 Å². The van der Waals surface area contributed by atoms with Crippen molar-refractivity contribution in [2.75, 3.05) is 26.2 Å². The zero-order valence-corrected chi connectivity index (χ0v) is 10.2. The first-order valence-corrected chi connectivity index (χ1v) is 6.26. The van der Waals surface area contributed by atoms with E-state index in [1.165, 1.54) is 19.5 Å². The molecular formula is C12H24N2O. The lowest BCUT2D eigenvalue weighted by Crippen LogP contribution is -2.49. The number of rotatable bonds is 2. The van der Waals surface area contributed by atoms with Crippen molar-refractivity contribution in [2.24, 2.45) is 5.92 Å². The van der Waals surface area contributed by atoms with E-state index in [4.69, 9.17) is 4.74 Å². The molecule has 0 aromatic rings. The Balaban J connectivity index is 1.86. The van der Waals surface area contributed by atoms with Gasteiger partial charge < -0.3 is 10.1 Å². The van der Waals surface area contributed by atoms with Gasteiger partial charge in [-0.25, -0.2) is 0 Å². The van der Waals surface area contributed by atoms with E-state index in [9.17, 15) is 0 Å². The Bertz CT molecular complexity index is 210. The molecule has 0 aliphatic carbocycles. The Morgan fingerprint density at radius 1 is 1.33 bits per heavy atom. The topological polar surface area (TPSA) is 24.5 Å². The highest BCUT2D eigenvalue weighted by molar-refractivity contribution is 4.85. The van der Waals surface area contributed by atoms with E-state index >= 15 is 0 Å². The number of nitrogens with zero attached hydrogens (tertiary/aromatic N) is 1. The second-order valence-electron chi connectivity index (χ2n) is 5.24. The van der Waals surface area contributed by atoms with Crippen LogP contribution in [-0.2, 0) is 4.74 Å².